The van der Waals surface area contributed by atoms with Gasteiger partial charge in [-0.1, -0.05) is 132 Å². The quantitative estimate of drug-likeness (QED) is 0.0243. The zero-order valence-electron chi connectivity index (χ0n) is 33.2. The van der Waals surface area contributed by atoms with E-state index in [4.69, 9.17) is 23.6 Å². The minimum absolute atomic E-state index is 0.0180. The molecule has 0 saturated heterocycles. The van der Waals surface area contributed by atoms with Crippen LogP contribution in [0.2, 0.25) is 0 Å². The lowest BCUT2D eigenvalue weighted by molar-refractivity contribution is -0.154. The van der Waals surface area contributed by atoms with E-state index >= 15 is 0 Å². The van der Waals surface area contributed by atoms with E-state index in [1.807, 2.05) is 0 Å². The molecular formula is C43H75O9P. The number of esters is 1. The average molecular weight is 767 g/mol. The number of phosphoric acid groups is 1. The smallest absolute Gasteiger partial charge is 0.457 e. The second-order valence-electron chi connectivity index (χ2n) is 13.3. The van der Waals surface area contributed by atoms with E-state index in [2.05, 4.69) is 86.8 Å². The van der Waals surface area contributed by atoms with Gasteiger partial charge < -0.3 is 24.6 Å². The summed E-state index contributed by atoms with van der Waals surface area (Å²) in [5, 5.41) is 18.3. The van der Waals surface area contributed by atoms with Crippen molar-refractivity contribution in [1.82, 2.24) is 0 Å². The summed E-state index contributed by atoms with van der Waals surface area (Å²) >= 11 is 0. The minimum atomic E-state index is -4.53. The van der Waals surface area contributed by atoms with Gasteiger partial charge in [-0.2, -0.15) is 0 Å². The normalized spacial score (nSPS) is 14.9. The molecule has 0 spiro atoms. The van der Waals surface area contributed by atoms with E-state index in [0.717, 1.165) is 89.9 Å². The zero-order valence-corrected chi connectivity index (χ0v) is 34.1. The molecule has 0 aliphatic rings. The van der Waals surface area contributed by atoms with Gasteiger partial charge in [0.25, 0.3) is 0 Å². The summed E-state index contributed by atoms with van der Waals surface area (Å²) in [4.78, 5) is 22.5. The van der Waals surface area contributed by atoms with Crippen LogP contribution >= 0.6 is 7.82 Å². The largest absolute Gasteiger partial charge is 0.472 e. The zero-order chi connectivity index (χ0) is 38.9. The van der Waals surface area contributed by atoms with Gasteiger partial charge in [-0.15, -0.1) is 0 Å². The molecule has 0 amide bonds. The molecule has 10 heteroatoms. The molecular weight excluding hydrogens is 691 g/mol. The Labute approximate surface area is 322 Å². The van der Waals surface area contributed by atoms with Crippen LogP contribution in [0.4, 0.5) is 0 Å². The topological polar surface area (TPSA) is 132 Å². The number of carbonyl (C=O) groups is 1. The molecule has 0 aliphatic heterocycles. The van der Waals surface area contributed by atoms with Crippen LogP contribution in [0.3, 0.4) is 0 Å². The van der Waals surface area contributed by atoms with Crippen molar-refractivity contribution in [3.8, 4) is 0 Å². The van der Waals surface area contributed by atoms with Gasteiger partial charge in [-0.3, -0.25) is 13.8 Å². The van der Waals surface area contributed by atoms with E-state index < -0.39 is 45.8 Å². The summed E-state index contributed by atoms with van der Waals surface area (Å²) in [6, 6.07) is 0. The Bertz CT molecular complexity index is 1050. The molecule has 0 aliphatic carbocycles. The Hall–Kier alpha value is -2.10. The lowest BCUT2D eigenvalue weighted by Gasteiger charge is -2.20. The molecule has 0 heterocycles. The summed E-state index contributed by atoms with van der Waals surface area (Å²) < 4.78 is 33.3. The number of unbranched alkanes of at least 4 members (excludes halogenated alkanes) is 12. The Balaban J connectivity index is 4.31. The standard InChI is InChI=1S/C43H75O9P/c1-3-5-7-9-11-13-15-17-19-21-23-25-27-29-31-33-35-43(46)52-42(40-51-53(47,48)50-38-41(45)37-44)39-49-36-34-32-30-28-26-24-22-20-18-16-14-12-10-8-6-4-2/h6,8,12-15,18-21,24,26,41-42,44-45H,3-5,7,9-11,16-17,22-23,25,27-40H2,1-2H3,(H,47,48)/b8-6-,14-12-,15-13-,20-18-,21-19-,26-24-. The van der Waals surface area contributed by atoms with Crippen molar-refractivity contribution in [2.24, 2.45) is 0 Å². The Morgan fingerprint density at radius 1 is 0.604 bits per heavy atom. The molecule has 3 unspecified atom stereocenters. The molecule has 3 atom stereocenters. The van der Waals surface area contributed by atoms with Gasteiger partial charge in [0.2, 0.25) is 0 Å². The highest BCUT2D eigenvalue weighted by Gasteiger charge is 2.26. The number of rotatable bonds is 38. The van der Waals surface area contributed by atoms with Gasteiger partial charge in [-0.25, -0.2) is 4.57 Å². The van der Waals surface area contributed by atoms with Crippen LogP contribution in [0, 0.1) is 0 Å². The third-order valence-electron chi connectivity index (χ3n) is 8.13. The lowest BCUT2D eigenvalue weighted by atomic mass is 10.1. The van der Waals surface area contributed by atoms with Gasteiger partial charge in [0.1, 0.15) is 12.2 Å². The Morgan fingerprint density at radius 2 is 1.08 bits per heavy atom. The van der Waals surface area contributed by atoms with Crippen molar-refractivity contribution in [3.05, 3.63) is 72.9 Å². The molecule has 3 N–H and O–H groups in total. The van der Waals surface area contributed by atoms with Crippen LogP contribution in [-0.2, 0) is 27.9 Å². The maximum atomic E-state index is 12.6. The second-order valence-corrected chi connectivity index (χ2v) is 14.7. The summed E-state index contributed by atoms with van der Waals surface area (Å²) in [5.74, 6) is -0.411. The Morgan fingerprint density at radius 3 is 1.62 bits per heavy atom. The molecule has 306 valence electrons. The third kappa shape index (κ3) is 39.4. The van der Waals surface area contributed by atoms with Crippen LogP contribution in [0.5, 0.6) is 0 Å². The van der Waals surface area contributed by atoms with E-state index in [1.165, 1.54) is 32.1 Å². The van der Waals surface area contributed by atoms with Crippen molar-refractivity contribution in [2.45, 2.75) is 161 Å². The van der Waals surface area contributed by atoms with Crippen molar-refractivity contribution in [3.63, 3.8) is 0 Å². The second kappa shape index (κ2) is 39.6. The van der Waals surface area contributed by atoms with Gasteiger partial charge in [0.05, 0.1) is 26.4 Å². The molecule has 0 aromatic rings. The monoisotopic (exact) mass is 767 g/mol. The first-order valence-electron chi connectivity index (χ1n) is 20.4. The van der Waals surface area contributed by atoms with Gasteiger partial charge >= 0.3 is 13.8 Å². The number of phosphoric ester groups is 1. The summed E-state index contributed by atoms with van der Waals surface area (Å²) in [5.41, 5.74) is 0. The highest BCUT2D eigenvalue weighted by Crippen LogP contribution is 2.43. The number of allylic oxidation sites excluding steroid dienone is 12. The van der Waals surface area contributed by atoms with Crippen molar-refractivity contribution >= 4 is 13.8 Å². The molecule has 0 rings (SSSR count). The maximum Gasteiger partial charge on any atom is 0.472 e. The van der Waals surface area contributed by atoms with Gasteiger partial charge in [-0.05, 0) is 83.5 Å². The average Bonchev–Trinajstić information content (AvgIpc) is 3.15. The molecule has 0 bridgehead atoms. The van der Waals surface area contributed by atoms with Crippen molar-refractivity contribution in [1.29, 1.82) is 0 Å². The number of aliphatic hydroxyl groups is 2. The number of carbonyl (C=O) groups excluding carboxylic acids is 1. The first-order chi connectivity index (χ1) is 25.8. The number of hydrogen-bond acceptors (Lipinski definition) is 8. The lowest BCUT2D eigenvalue weighted by Crippen LogP contribution is -2.29. The summed E-state index contributed by atoms with van der Waals surface area (Å²) in [7, 11) is -4.53. The molecule has 0 aromatic carbocycles. The summed E-state index contributed by atoms with van der Waals surface area (Å²) in [6.45, 7) is 3.26. The van der Waals surface area contributed by atoms with Gasteiger partial charge in [0.15, 0.2) is 0 Å². The number of hydrogen-bond donors (Lipinski definition) is 3. The molecule has 0 radical (unpaired) electrons. The van der Waals surface area contributed by atoms with E-state index in [1.54, 1.807) is 0 Å². The molecule has 53 heavy (non-hydrogen) atoms. The predicted octanol–water partition coefficient (Wildman–Crippen LogP) is 11.0. The van der Waals surface area contributed by atoms with E-state index in [-0.39, 0.29) is 13.0 Å². The fourth-order valence-corrected chi connectivity index (χ4v) is 5.81. The fourth-order valence-electron chi connectivity index (χ4n) is 5.02. The summed E-state index contributed by atoms with van der Waals surface area (Å²) in [6.07, 6.45) is 45.7. The fraction of sp³-hybridized carbons (Fsp3) is 0.698. The van der Waals surface area contributed by atoms with Gasteiger partial charge in [0, 0.05) is 13.0 Å². The highest BCUT2D eigenvalue weighted by molar-refractivity contribution is 7.47. The number of ether oxygens (including phenoxy) is 2. The van der Waals surface area contributed by atoms with Crippen molar-refractivity contribution < 1.29 is 43.0 Å². The van der Waals surface area contributed by atoms with Crippen LogP contribution in [0.25, 0.3) is 0 Å². The first-order valence-corrected chi connectivity index (χ1v) is 21.9. The van der Waals surface area contributed by atoms with Crippen LogP contribution in [0.1, 0.15) is 149 Å². The van der Waals surface area contributed by atoms with Crippen molar-refractivity contribution in [2.75, 3.05) is 33.0 Å². The minimum Gasteiger partial charge on any atom is -0.457 e. The Kier molecular flexibility index (Phi) is 38.0. The molecule has 0 fully saturated rings. The SMILES string of the molecule is CC/C=C\C/C=C\C/C=C\C/C=C\CCCCCOCC(COP(=O)(O)OCC(O)CO)OC(=O)CCCCCCC/C=C\C/C=C\CCCCCC. The van der Waals surface area contributed by atoms with Crippen LogP contribution in [0.15, 0.2) is 72.9 Å². The molecule has 9 nitrogen and oxygen atoms in total. The number of aliphatic hydroxyl groups excluding tert-OH is 2. The third-order valence-corrected chi connectivity index (χ3v) is 9.08. The first kappa shape index (κ1) is 50.9. The van der Waals surface area contributed by atoms with Crippen LogP contribution in [-0.4, -0.2) is 66.3 Å². The van der Waals surface area contributed by atoms with E-state index in [9.17, 15) is 19.4 Å². The maximum absolute atomic E-state index is 12.6. The van der Waals surface area contributed by atoms with E-state index in [0.29, 0.717) is 13.0 Å². The predicted molar refractivity (Wildman–Crippen MR) is 219 cm³/mol. The highest BCUT2D eigenvalue weighted by atomic mass is 31.2. The molecule has 0 saturated carbocycles. The van der Waals surface area contributed by atoms with Crippen LogP contribution < -0.4 is 0 Å². The molecule has 0 aromatic heterocycles.